The van der Waals surface area contributed by atoms with E-state index < -0.39 is 24.9 Å². The lowest BCUT2D eigenvalue weighted by molar-refractivity contribution is -0.384. The summed E-state index contributed by atoms with van der Waals surface area (Å²) in [6.45, 7) is 21.5. The number of ether oxygens (including phenoxy) is 2. The van der Waals surface area contributed by atoms with Crippen molar-refractivity contribution in [2.24, 2.45) is 5.41 Å². The van der Waals surface area contributed by atoms with Gasteiger partial charge in [-0.1, -0.05) is 34.6 Å². The van der Waals surface area contributed by atoms with Gasteiger partial charge in [-0.2, -0.15) is 0 Å². The van der Waals surface area contributed by atoms with E-state index in [4.69, 9.17) is 13.9 Å². The Morgan fingerprint density at radius 3 is 2.18 bits per heavy atom. The fourth-order valence-electron chi connectivity index (χ4n) is 4.23. The maximum atomic E-state index is 13.1. The summed E-state index contributed by atoms with van der Waals surface area (Å²) in [6.07, 6.45) is 0.362. The smallest absolute Gasteiger partial charge is 0.410 e. The molecule has 0 bridgehead atoms. The predicted molar refractivity (Wildman–Crippen MR) is 153 cm³/mol. The molecule has 1 aliphatic rings. The molecule has 0 spiro atoms. The molecule has 220 valence electrons. The first-order chi connectivity index (χ1) is 17.7. The number of nitrogens with one attached hydrogen (secondary N) is 1. The van der Waals surface area contributed by atoms with Gasteiger partial charge in [0.15, 0.2) is 8.32 Å². The monoisotopic (exact) mass is 565 g/mol. The lowest BCUT2D eigenvalue weighted by Crippen LogP contribution is -2.45. The molecule has 0 radical (unpaired) electrons. The van der Waals surface area contributed by atoms with Gasteiger partial charge in [0.2, 0.25) is 0 Å². The maximum Gasteiger partial charge on any atom is 0.410 e. The number of nitro benzene ring substituents is 1. The summed E-state index contributed by atoms with van der Waals surface area (Å²) in [5.74, 6) is 0. The fraction of sp³-hybridized carbons (Fsp3) is 0.714. The lowest BCUT2D eigenvalue weighted by Gasteiger charge is -2.38. The molecular weight excluding hydrogens is 518 g/mol. The molecule has 2 atom stereocenters. The van der Waals surface area contributed by atoms with E-state index in [-0.39, 0.29) is 41.0 Å². The second-order valence-electron chi connectivity index (χ2n) is 13.7. The second kappa shape index (κ2) is 12.2. The van der Waals surface area contributed by atoms with Gasteiger partial charge in [-0.25, -0.2) is 9.59 Å². The van der Waals surface area contributed by atoms with Gasteiger partial charge in [-0.15, -0.1) is 0 Å². The largest absolute Gasteiger partial charge is 0.445 e. The topological polar surface area (TPSA) is 120 Å². The van der Waals surface area contributed by atoms with Crippen LogP contribution >= 0.6 is 0 Å². The third-order valence-corrected chi connectivity index (χ3v) is 11.8. The molecule has 2 rings (SSSR count). The van der Waals surface area contributed by atoms with Gasteiger partial charge in [-0.3, -0.25) is 10.1 Å². The van der Waals surface area contributed by atoms with Crippen molar-refractivity contribution in [1.29, 1.82) is 0 Å². The Labute approximate surface area is 234 Å². The Balaban J connectivity index is 2.00. The lowest BCUT2D eigenvalue weighted by atomic mass is 9.84. The zero-order valence-corrected chi connectivity index (χ0v) is 26.3. The highest BCUT2D eigenvalue weighted by atomic mass is 28.4. The Morgan fingerprint density at radius 2 is 1.67 bits per heavy atom. The van der Waals surface area contributed by atoms with Crippen LogP contribution in [-0.4, -0.2) is 61.2 Å². The second-order valence-corrected chi connectivity index (χ2v) is 18.5. The molecule has 1 fully saturated rings. The van der Waals surface area contributed by atoms with Crippen molar-refractivity contribution in [1.82, 2.24) is 10.2 Å². The molecule has 1 N–H and O–H groups in total. The van der Waals surface area contributed by atoms with E-state index in [0.717, 1.165) is 0 Å². The molecule has 1 heterocycles. The molecule has 10 nitrogen and oxygen atoms in total. The van der Waals surface area contributed by atoms with Gasteiger partial charge in [0.05, 0.1) is 11.0 Å². The van der Waals surface area contributed by atoms with Crippen LogP contribution in [0.5, 0.6) is 0 Å². The zero-order chi connectivity index (χ0) is 29.8. The predicted octanol–water partition coefficient (Wildman–Crippen LogP) is 6.64. The number of nitro groups is 1. The average Bonchev–Trinajstić information content (AvgIpc) is 3.15. The molecule has 1 aliphatic heterocycles. The number of rotatable bonds is 9. The minimum Gasteiger partial charge on any atom is -0.445 e. The first-order valence-electron chi connectivity index (χ1n) is 13.5. The van der Waals surface area contributed by atoms with Crippen LogP contribution in [0, 0.1) is 15.5 Å². The van der Waals surface area contributed by atoms with Crippen LogP contribution < -0.4 is 5.32 Å². The number of benzene rings is 1. The van der Waals surface area contributed by atoms with Gasteiger partial charge in [0.25, 0.3) is 5.69 Å². The number of hydrogen-bond acceptors (Lipinski definition) is 7. The molecule has 0 aromatic heterocycles. The van der Waals surface area contributed by atoms with Crippen molar-refractivity contribution in [2.45, 2.75) is 111 Å². The van der Waals surface area contributed by atoms with Crippen LogP contribution in [0.2, 0.25) is 18.1 Å². The van der Waals surface area contributed by atoms with Crippen LogP contribution in [0.1, 0.15) is 73.8 Å². The maximum absolute atomic E-state index is 13.1. The number of non-ortho nitro benzene ring substituents is 1. The fourth-order valence-corrected chi connectivity index (χ4v) is 5.58. The van der Waals surface area contributed by atoms with Gasteiger partial charge in [-0.05, 0) is 74.9 Å². The highest BCUT2D eigenvalue weighted by Crippen LogP contribution is 2.40. The quantitative estimate of drug-likeness (QED) is 0.202. The van der Waals surface area contributed by atoms with Crippen molar-refractivity contribution < 1.29 is 28.4 Å². The SMILES string of the molecule is CC(C)(CNC(=O)OCc1ccc([N+](=O)[O-])cc1)C[C@@H]1C[C@@H](O[Si](C)(C)C(C)(C)C)CN1C(=O)OC(C)(C)C. The van der Waals surface area contributed by atoms with Crippen molar-refractivity contribution in [3.63, 3.8) is 0 Å². The molecule has 1 aromatic rings. The summed E-state index contributed by atoms with van der Waals surface area (Å²) in [7, 11) is -2.03. The minimum atomic E-state index is -2.03. The van der Waals surface area contributed by atoms with Crippen molar-refractivity contribution >= 4 is 26.2 Å². The third-order valence-electron chi connectivity index (χ3n) is 7.29. The van der Waals surface area contributed by atoms with Crippen LogP contribution in [0.15, 0.2) is 24.3 Å². The Hall–Kier alpha value is -2.66. The summed E-state index contributed by atoms with van der Waals surface area (Å²) in [5, 5.41) is 13.7. The Kier molecular flexibility index (Phi) is 10.2. The molecule has 2 amide bonds. The standard InChI is InChI=1S/C28H47N3O7Si/c1-26(2,3)37-25(33)30-17-23(38-39(9,10)27(4,5)6)15-22(30)16-28(7,8)19-29-24(32)36-18-20-11-13-21(14-12-20)31(34)35/h11-14,22-23H,15-19H2,1-10H3,(H,29,32)/t22-,23+/m0/s1. The van der Waals surface area contributed by atoms with E-state index in [1.165, 1.54) is 12.1 Å². The molecule has 1 aromatic carbocycles. The number of amides is 2. The zero-order valence-electron chi connectivity index (χ0n) is 25.3. The number of alkyl carbamates (subject to hydrolysis) is 1. The van der Waals surface area contributed by atoms with Crippen LogP contribution in [-0.2, 0) is 20.5 Å². The van der Waals surface area contributed by atoms with Gasteiger partial charge >= 0.3 is 12.2 Å². The molecular formula is C28H47N3O7Si. The van der Waals surface area contributed by atoms with Crippen molar-refractivity contribution in [3.8, 4) is 0 Å². The van der Waals surface area contributed by atoms with Crippen LogP contribution in [0.25, 0.3) is 0 Å². The van der Waals surface area contributed by atoms with Gasteiger partial charge in [0.1, 0.15) is 12.2 Å². The summed E-state index contributed by atoms with van der Waals surface area (Å²) in [5.41, 5.74) is -0.316. The summed E-state index contributed by atoms with van der Waals surface area (Å²) < 4.78 is 17.7. The van der Waals surface area contributed by atoms with Crippen molar-refractivity contribution in [2.75, 3.05) is 13.1 Å². The molecule has 0 saturated carbocycles. The van der Waals surface area contributed by atoms with E-state index in [9.17, 15) is 19.7 Å². The minimum absolute atomic E-state index is 0.00573. The highest BCUT2D eigenvalue weighted by molar-refractivity contribution is 6.74. The van der Waals surface area contributed by atoms with E-state index in [0.29, 0.717) is 31.5 Å². The Morgan fingerprint density at radius 1 is 1.08 bits per heavy atom. The summed E-state index contributed by atoms with van der Waals surface area (Å²) in [6, 6.07) is 5.77. The molecule has 0 aliphatic carbocycles. The normalized spacial score (nSPS) is 18.6. The molecule has 0 unspecified atom stereocenters. The summed E-state index contributed by atoms with van der Waals surface area (Å²) >= 11 is 0. The summed E-state index contributed by atoms with van der Waals surface area (Å²) in [4.78, 5) is 37.6. The number of nitrogens with zero attached hydrogens (tertiary/aromatic N) is 2. The molecule has 1 saturated heterocycles. The van der Waals surface area contributed by atoms with E-state index in [2.05, 4.69) is 39.2 Å². The number of carbonyl (C=O) groups is 2. The van der Waals surface area contributed by atoms with Crippen LogP contribution in [0.3, 0.4) is 0 Å². The Bertz CT molecular complexity index is 1010. The number of hydrogen-bond donors (Lipinski definition) is 1. The third kappa shape index (κ3) is 10.1. The molecule has 39 heavy (non-hydrogen) atoms. The van der Waals surface area contributed by atoms with Crippen molar-refractivity contribution in [3.05, 3.63) is 39.9 Å². The van der Waals surface area contributed by atoms with E-state index in [1.54, 1.807) is 17.0 Å². The van der Waals surface area contributed by atoms with Gasteiger partial charge < -0.3 is 24.1 Å². The van der Waals surface area contributed by atoms with E-state index >= 15 is 0 Å². The van der Waals surface area contributed by atoms with Gasteiger partial charge in [0, 0.05) is 31.3 Å². The first-order valence-corrected chi connectivity index (χ1v) is 16.4. The number of likely N-dealkylation sites (tertiary alicyclic amines) is 1. The first kappa shape index (κ1) is 32.5. The van der Waals surface area contributed by atoms with Crippen LogP contribution in [0.4, 0.5) is 15.3 Å². The highest BCUT2D eigenvalue weighted by Gasteiger charge is 2.45. The average molecular weight is 566 g/mol. The number of carbonyl (C=O) groups excluding carboxylic acids is 2. The molecule has 11 heteroatoms. The van der Waals surface area contributed by atoms with E-state index in [1.807, 2.05) is 34.6 Å².